The van der Waals surface area contributed by atoms with Crippen LogP contribution in [-0.4, -0.2) is 31.3 Å². The van der Waals surface area contributed by atoms with Crippen LogP contribution in [0.15, 0.2) is 58.5 Å². The highest BCUT2D eigenvalue weighted by Crippen LogP contribution is 2.32. The summed E-state index contributed by atoms with van der Waals surface area (Å²) >= 11 is 1.19. The van der Waals surface area contributed by atoms with Crippen molar-refractivity contribution in [1.82, 2.24) is 19.6 Å². The SMILES string of the molecule is Cc1cccc(-c2nc(SCC(=O)Oc3cc(C)ccc3C(C)(C)C)n3[nH]c(=O)cc3n2)c1. The van der Waals surface area contributed by atoms with Crippen LogP contribution in [0.3, 0.4) is 0 Å². The molecule has 0 saturated heterocycles. The van der Waals surface area contributed by atoms with Gasteiger partial charge in [-0.3, -0.25) is 14.7 Å². The topological polar surface area (TPSA) is 89.3 Å². The number of ether oxygens (including phenoxy) is 1. The first-order valence-electron chi connectivity index (χ1n) is 10.6. The van der Waals surface area contributed by atoms with Gasteiger partial charge >= 0.3 is 5.97 Å². The van der Waals surface area contributed by atoms with E-state index in [1.807, 2.05) is 56.3 Å². The van der Waals surface area contributed by atoms with Gasteiger partial charge in [0.1, 0.15) is 5.75 Å². The molecule has 7 nitrogen and oxygen atoms in total. The van der Waals surface area contributed by atoms with Crippen LogP contribution in [0.25, 0.3) is 17.0 Å². The molecule has 0 saturated carbocycles. The van der Waals surface area contributed by atoms with E-state index in [1.54, 1.807) is 0 Å². The van der Waals surface area contributed by atoms with E-state index in [0.29, 0.717) is 22.4 Å². The zero-order valence-electron chi connectivity index (χ0n) is 19.3. The van der Waals surface area contributed by atoms with Gasteiger partial charge in [-0.05, 0) is 37.0 Å². The van der Waals surface area contributed by atoms with Crippen molar-refractivity contribution in [2.75, 3.05) is 5.75 Å². The molecule has 170 valence electrons. The van der Waals surface area contributed by atoms with E-state index in [-0.39, 0.29) is 16.7 Å². The minimum Gasteiger partial charge on any atom is -0.426 e. The zero-order chi connectivity index (χ0) is 23.8. The van der Waals surface area contributed by atoms with Gasteiger partial charge in [-0.25, -0.2) is 14.5 Å². The highest BCUT2D eigenvalue weighted by atomic mass is 32.2. The molecule has 4 rings (SSSR count). The molecule has 0 aliphatic carbocycles. The first-order chi connectivity index (χ1) is 15.6. The van der Waals surface area contributed by atoms with Gasteiger partial charge in [0.2, 0.25) is 0 Å². The predicted octanol–water partition coefficient (Wildman–Crippen LogP) is 4.70. The Hall–Kier alpha value is -3.39. The summed E-state index contributed by atoms with van der Waals surface area (Å²) in [5, 5.41) is 3.14. The van der Waals surface area contributed by atoms with Crippen LogP contribution < -0.4 is 10.3 Å². The molecule has 0 fully saturated rings. The third-order valence-electron chi connectivity index (χ3n) is 5.09. The summed E-state index contributed by atoms with van der Waals surface area (Å²) in [7, 11) is 0. The lowest BCUT2D eigenvalue weighted by atomic mass is 9.86. The second-order valence-electron chi connectivity index (χ2n) is 9.03. The molecule has 0 radical (unpaired) electrons. The molecule has 0 unspecified atom stereocenters. The smallest absolute Gasteiger partial charge is 0.321 e. The number of rotatable bonds is 5. The minimum absolute atomic E-state index is 0.0249. The molecule has 1 N–H and O–H groups in total. The maximum absolute atomic E-state index is 12.7. The lowest BCUT2D eigenvalue weighted by Crippen LogP contribution is -2.18. The second-order valence-corrected chi connectivity index (χ2v) is 9.97. The quantitative estimate of drug-likeness (QED) is 0.263. The van der Waals surface area contributed by atoms with Crippen molar-refractivity contribution in [3.05, 3.63) is 75.6 Å². The van der Waals surface area contributed by atoms with Crippen LogP contribution in [0.4, 0.5) is 0 Å². The van der Waals surface area contributed by atoms with Crippen LogP contribution in [0.5, 0.6) is 5.75 Å². The van der Waals surface area contributed by atoms with Gasteiger partial charge in [-0.2, -0.15) is 0 Å². The van der Waals surface area contributed by atoms with E-state index in [0.717, 1.165) is 22.3 Å². The van der Waals surface area contributed by atoms with Gasteiger partial charge in [-0.15, -0.1) is 0 Å². The highest BCUT2D eigenvalue weighted by Gasteiger charge is 2.21. The normalized spacial score (nSPS) is 11.7. The van der Waals surface area contributed by atoms with Crippen molar-refractivity contribution in [3.8, 4) is 17.1 Å². The number of nitrogens with one attached hydrogen (secondary N) is 1. The third-order valence-corrected chi connectivity index (χ3v) is 6.00. The van der Waals surface area contributed by atoms with Crippen LogP contribution in [0.1, 0.15) is 37.5 Å². The number of carbonyl (C=O) groups excluding carboxylic acids is 1. The number of aromatic amines is 1. The van der Waals surface area contributed by atoms with Gasteiger partial charge < -0.3 is 4.74 Å². The Morgan fingerprint density at radius 3 is 2.55 bits per heavy atom. The molecule has 0 bridgehead atoms. The lowest BCUT2D eigenvalue weighted by Gasteiger charge is -2.22. The molecule has 0 aliphatic rings. The first-order valence-corrected chi connectivity index (χ1v) is 11.6. The molecule has 2 aromatic heterocycles. The molecule has 4 aromatic rings. The van der Waals surface area contributed by atoms with Crippen LogP contribution in [-0.2, 0) is 10.2 Å². The maximum atomic E-state index is 12.7. The molecule has 2 heterocycles. The molecule has 33 heavy (non-hydrogen) atoms. The molecule has 0 aliphatic heterocycles. The number of aryl methyl sites for hydroxylation is 2. The van der Waals surface area contributed by atoms with Crippen molar-refractivity contribution in [2.45, 2.75) is 45.2 Å². The third kappa shape index (κ3) is 5.17. The van der Waals surface area contributed by atoms with Crippen molar-refractivity contribution >= 4 is 23.4 Å². The van der Waals surface area contributed by atoms with Gasteiger partial charge in [-0.1, -0.05) is 68.4 Å². The summed E-state index contributed by atoms with van der Waals surface area (Å²) in [6.07, 6.45) is 0. The fourth-order valence-electron chi connectivity index (χ4n) is 3.50. The van der Waals surface area contributed by atoms with E-state index >= 15 is 0 Å². The second kappa shape index (κ2) is 8.86. The Morgan fingerprint density at radius 1 is 1.06 bits per heavy atom. The molecular weight excluding hydrogens is 436 g/mol. The Kier molecular flexibility index (Phi) is 6.12. The van der Waals surface area contributed by atoms with Crippen molar-refractivity contribution in [1.29, 1.82) is 0 Å². The minimum atomic E-state index is -0.394. The van der Waals surface area contributed by atoms with E-state index in [9.17, 15) is 9.59 Å². The maximum Gasteiger partial charge on any atom is 0.321 e. The Labute approximate surface area is 196 Å². The van der Waals surface area contributed by atoms with E-state index in [2.05, 4.69) is 35.8 Å². The largest absolute Gasteiger partial charge is 0.426 e. The monoisotopic (exact) mass is 462 g/mol. The summed E-state index contributed by atoms with van der Waals surface area (Å²) in [6.45, 7) is 10.2. The molecule has 2 aromatic carbocycles. The number of fused-ring (bicyclic) bond motifs is 1. The van der Waals surface area contributed by atoms with Gasteiger partial charge in [0.15, 0.2) is 16.6 Å². The zero-order valence-corrected chi connectivity index (χ0v) is 20.1. The number of esters is 1. The fourth-order valence-corrected chi connectivity index (χ4v) is 4.23. The van der Waals surface area contributed by atoms with Gasteiger partial charge in [0, 0.05) is 17.2 Å². The van der Waals surface area contributed by atoms with E-state index < -0.39 is 5.97 Å². The summed E-state index contributed by atoms with van der Waals surface area (Å²) in [5.74, 6) is 0.685. The van der Waals surface area contributed by atoms with E-state index in [4.69, 9.17) is 4.74 Å². The number of H-pyrrole nitrogens is 1. The standard InChI is InChI=1S/C25H26N4O3S/c1-15-7-6-8-17(11-15)23-26-20-13-21(30)28-29(20)24(27-23)33-14-22(31)32-19-12-16(2)9-10-18(19)25(3,4)5/h6-13H,14H2,1-5H3,(H,28,30). The summed E-state index contributed by atoms with van der Waals surface area (Å²) < 4.78 is 7.23. The Balaban J connectivity index is 1.60. The molecule has 0 spiro atoms. The number of hydrogen-bond acceptors (Lipinski definition) is 6. The van der Waals surface area contributed by atoms with Crippen molar-refractivity contribution in [3.63, 3.8) is 0 Å². The molecular formula is C25H26N4O3S. The van der Waals surface area contributed by atoms with Crippen molar-refractivity contribution < 1.29 is 9.53 Å². The number of thioether (sulfide) groups is 1. The Morgan fingerprint density at radius 2 is 1.82 bits per heavy atom. The van der Waals surface area contributed by atoms with Gasteiger partial charge in [0.25, 0.3) is 5.56 Å². The molecule has 8 heteroatoms. The predicted molar refractivity (Wildman–Crippen MR) is 130 cm³/mol. The number of carbonyl (C=O) groups is 1. The number of nitrogens with zero attached hydrogens (tertiary/aromatic N) is 3. The fraction of sp³-hybridized carbons (Fsp3) is 0.280. The summed E-state index contributed by atoms with van der Waals surface area (Å²) in [5.41, 5.74) is 3.89. The number of benzene rings is 2. The number of aromatic nitrogens is 4. The molecule has 0 amide bonds. The number of hydrogen-bond donors (Lipinski definition) is 1. The average molecular weight is 463 g/mol. The average Bonchev–Trinajstić information content (AvgIpc) is 3.11. The van der Waals surface area contributed by atoms with Crippen LogP contribution in [0.2, 0.25) is 0 Å². The van der Waals surface area contributed by atoms with Crippen LogP contribution in [0, 0.1) is 13.8 Å². The lowest BCUT2D eigenvalue weighted by molar-refractivity contribution is -0.131. The van der Waals surface area contributed by atoms with Gasteiger partial charge in [0.05, 0.1) is 5.75 Å². The van der Waals surface area contributed by atoms with E-state index in [1.165, 1.54) is 22.3 Å². The summed E-state index contributed by atoms with van der Waals surface area (Å²) in [6, 6.07) is 15.1. The van der Waals surface area contributed by atoms with Crippen molar-refractivity contribution in [2.24, 2.45) is 0 Å². The van der Waals surface area contributed by atoms with Crippen LogP contribution >= 0.6 is 11.8 Å². The first kappa shape index (κ1) is 22.8. The molecule has 0 atom stereocenters. The highest BCUT2D eigenvalue weighted by molar-refractivity contribution is 7.99. The summed E-state index contributed by atoms with van der Waals surface area (Å²) in [4.78, 5) is 33.8. The Bertz CT molecular complexity index is 1400.